The van der Waals surface area contributed by atoms with Gasteiger partial charge in [0.15, 0.2) is 0 Å². The van der Waals surface area contributed by atoms with Gasteiger partial charge in [0.25, 0.3) is 0 Å². The zero-order valence-electron chi connectivity index (χ0n) is 18.6. The van der Waals surface area contributed by atoms with E-state index in [0.29, 0.717) is 28.5 Å². The molecule has 0 saturated heterocycles. The molecule has 0 fully saturated rings. The van der Waals surface area contributed by atoms with E-state index in [4.69, 9.17) is 21.1 Å². The molecule has 0 heterocycles. The second-order valence-corrected chi connectivity index (χ2v) is 9.03. The van der Waals surface area contributed by atoms with Crippen LogP contribution in [0.3, 0.4) is 0 Å². The third-order valence-corrected chi connectivity index (χ3v) is 6.11. The average molecular weight is 483 g/mol. The lowest BCUT2D eigenvalue weighted by molar-refractivity contribution is 0.0734. The molecule has 0 N–H and O–H groups in total. The van der Waals surface area contributed by atoms with Gasteiger partial charge in [-0.3, -0.25) is 4.79 Å². The summed E-state index contributed by atoms with van der Waals surface area (Å²) in [5, 5.41) is 0.522. The smallest absolute Gasteiger partial charge is 0.343 e. The minimum atomic E-state index is -0.462. The predicted molar refractivity (Wildman–Crippen MR) is 134 cm³/mol. The second kappa shape index (κ2) is 13.1. The molecule has 0 radical (unpaired) electrons. The average Bonchev–Trinajstić information content (AvgIpc) is 2.83. The molecule has 6 heteroatoms. The fourth-order valence-electron chi connectivity index (χ4n) is 3.08. The molecule has 0 unspecified atom stereocenters. The molecule has 0 amide bonds. The van der Waals surface area contributed by atoms with E-state index in [1.165, 1.54) is 25.7 Å². The van der Waals surface area contributed by atoms with Gasteiger partial charge in [0.1, 0.15) is 11.5 Å². The standard InChI is InChI=1S/C27H27ClO4S/c1-2-3-4-5-6-19-31-23-13-7-20(8-14-23)26(29)32-24-15-9-21(10-16-24)27(30)33-25-17-11-22(28)12-18-25/h7-18H,2-6,19H2,1H3. The van der Waals surface area contributed by atoms with Crippen molar-refractivity contribution in [2.45, 2.75) is 43.9 Å². The molecule has 0 bridgehead atoms. The Morgan fingerprint density at radius 3 is 2.03 bits per heavy atom. The molecule has 0 aliphatic carbocycles. The number of hydrogen-bond donors (Lipinski definition) is 0. The van der Waals surface area contributed by atoms with E-state index in [1.807, 2.05) is 0 Å². The van der Waals surface area contributed by atoms with Crippen molar-refractivity contribution >= 4 is 34.4 Å². The molecule has 0 saturated carbocycles. The molecule has 33 heavy (non-hydrogen) atoms. The summed E-state index contributed by atoms with van der Waals surface area (Å²) in [5.74, 6) is 0.652. The molecular weight excluding hydrogens is 456 g/mol. The van der Waals surface area contributed by atoms with Crippen LogP contribution in [0, 0.1) is 0 Å². The Kier molecular flexibility index (Phi) is 9.85. The SMILES string of the molecule is CCCCCCCOc1ccc(C(=O)Oc2ccc(C(=O)Sc3ccc(Cl)cc3)cc2)cc1. The topological polar surface area (TPSA) is 52.6 Å². The summed E-state index contributed by atoms with van der Waals surface area (Å²) in [6.07, 6.45) is 5.92. The Labute approximate surface area is 204 Å². The highest BCUT2D eigenvalue weighted by Gasteiger charge is 2.12. The van der Waals surface area contributed by atoms with E-state index in [2.05, 4.69) is 6.92 Å². The Morgan fingerprint density at radius 2 is 1.36 bits per heavy atom. The zero-order valence-corrected chi connectivity index (χ0v) is 20.2. The summed E-state index contributed by atoms with van der Waals surface area (Å²) in [6.45, 7) is 2.87. The van der Waals surface area contributed by atoms with Gasteiger partial charge in [0.2, 0.25) is 5.12 Å². The molecule has 3 aromatic carbocycles. The normalized spacial score (nSPS) is 10.6. The maximum atomic E-state index is 12.4. The third-order valence-electron chi connectivity index (χ3n) is 4.93. The van der Waals surface area contributed by atoms with Crippen LogP contribution in [0.4, 0.5) is 0 Å². The summed E-state index contributed by atoms with van der Waals surface area (Å²) in [5.41, 5.74) is 0.953. The fourth-order valence-corrected chi connectivity index (χ4v) is 3.94. The van der Waals surface area contributed by atoms with Crippen molar-refractivity contribution in [3.8, 4) is 11.5 Å². The van der Waals surface area contributed by atoms with Crippen LogP contribution in [0.2, 0.25) is 5.02 Å². The summed E-state index contributed by atoms with van der Waals surface area (Å²) in [7, 11) is 0. The first-order valence-electron chi connectivity index (χ1n) is 11.1. The highest BCUT2D eigenvalue weighted by molar-refractivity contribution is 8.14. The van der Waals surface area contributed by atoms with Gasteiger partial charge in [-0.05, 0) is 91.0 Å². The highest BCUT2D eigenvalue weighted by Crippen LogP contribution is 2.25. The maximum absolute atomic E-state index is 12.4. The van der Waals surface area contributed by atoms with Gasteiger partial charge in [0, 0.05) is 15.5 Å². The number of carbonyl (C=O) groups excluding carboxylic acids is 2. The van der Waals surface area contributed by atoms with Crippen LogP contribution in [-0.4, -0.2) is 17.7 Å². The zero-order chi connectivity index (χ0) is 23.5. The molecular formula is C27H27ClO4S. The fraction of sp³-hybridized carbons (Fsp3) is 0.259. The van der Waals surface area contributed by atoms with Crippen LogP contribution < -0.4 is 9.47 Å². The van der Waals surface area contributed by atoms with Crippen LogP contribution in [-0.2, 0) is 0 Å². The van der Waals surface area contributed by atoms with Gasteiger partial charge in [-0.2, -0.15) is 0 Å². The molecule has 0 spiro atoms. The molecule has 3 rings (SSSR count). The number of carbonyl (C=O) groups is 2. The lowest BCUT2D eigenvalue weighted by atomic mass is 10.2. The molecule has 4 nitrogen and oxygen atoms in total. The van der Waals surface area contributed by atoms with Gasteiger partial charge in [-0.25, -0.2) is 4.79 Å². The van der Waals surface area contributed by atoms with Crippen LogP contribution in [0.15, 0.2) is 77.7 Å². The number of esters is 1. The minimum absolute atomic E-state index is 0.101. The number of benzene rings is 3. The first-order chi connectivity index (χ1) is 16.0. The van der Waals surface area contributed by atoms with Gasteiger partial charge in [-0.15, -0.1) is 0 Å². The van der Waals surface area contributed by atoms with Crippen molar-refractivity contribution in [1.82, 2.24) is 0 Å². The number of hydrogen-bond acceptors (Lipinski definition) is 5. The summed E-state index contributed by atoms with van der Waals surface area (Å²) in [4.78, 5) is 25.7. The van der Waals surface area contributed by atoms with E-state index < -0.39 is 5.97 Å². The van der Waals surface area contributed by atoms with E-state index >= 15 is 0 Å². The maximum Gasteiger partial charge on any atom is 0.343 e. The monoisotopic (exact) mass is 482 g/mol. The van der Waals surface area contributed by atoms with Crippen LogP contribution in [0.1, 0.15) is 59.7 Å². The third kappa shape index (κ3) is 8.26. The minimum Gasteiger partial charge on any atom is -0.494 e. The summed E-state index contributed by atoms with van der Waals surface area (Å²) >= 11 is 6.99. The summed E-state index contributed by atoms with van der Waals surface area (Å²) < 4.78 is 11.2. The quantitative estimate of drug-likeness (QED) is 0.120. The van der Waals surface area contributed by atoms with Gasteiger partial charge in [-0.1, -0.05) is 44.2 Å². The van der Waals surface area contributed by atoms with E-state index in [-0.39, 0.29) is 5.12 Å². The lowest BCUT2D eigenvalue weighted by Gasteiger charge is -2.08. The van der Waals surface area contributed by atoms with Gasteiger partial charge in [0.05, 0.1) is 12.2 Å². The van der Waals surface area contributed by atoms with Gasteiger partial charge < -0.3 is 9.47 Å². The number of rotatable bonds is 11. The molecule has 0 atom stereocenters. The van der Waals surface area contributed by atoms with E-state index in [9.17, 15) is 9.59 Å². The number of halogens is 1. The molecule has 172 valence electrons. The van der Waals surface area contributed by atoms with Crippen molar-refractivity contribution in [3.05, 3.63) is 88.9 Å². The molecule has 0 aromatic heterocycles. The van der Waals surface area contributed by atoms with Crippen LogP contribution >= 0.6 is 23.4 Å². The second-order valence-electron chi connectivity index (χ2n) is 7.54. The van der Waals surface area contributed by atoms with Crippen molar-refractivity contribution in [2.24, 2.45) is 0 Å². The van der Waals surface area contributed by atoms with E-state index in [0.717, 1.165) is 28.8 Å². The van der Waals surface area contributed by atoms with Crippen molar-refractivity contribution in [1.29, 1.82) is 0 Å². The lowest BCUT2D eigenvalue weighted by Crippen LogP contribution is -2.08. The van der Waals surface area contributed by atoms with Crippen molar-refractivity contribution in [3.63, 3.8) is 0 Å². The highest BCUT2D eigenvalue weighted by atomic mass is 35.5. The Bertz CT molecular complexity index is 1030. The number of unbranched alkanes of at least 4 members (excludes halogenated alkanes) is 4. The number of ether oxygens (including phenoxy) is 2. The first-order valence-corrected chi connectivity index (χ1v) is 12.3. The van der Waals surface area contributed by atoms with Crippen LogP contribution in [0.25, 0.3) is 0 Å². The van der Waals surface area contributed by atoms with Crippen molar-refractivity contribution in [2.75, 3.05) is 6.61 Å². The Morgan fingerprint density at radius 1 is 0.758 bits per heavy atom. The largest absolute Gasteiger partial charge is 0.494 e. The molecule has 3 aromatic rings. The summed E-state index contributed by atoms with van der Waals surface area (Å²) in [6, 6.07) is 20.5. The van der Waals surface area contributed by atoms with E-state index in [1.54, 1.807) is 72.8 Å². The van der Waals surface area contributed by atoms with Gasteiger partial charge >= 0.3 is 5.97 Å². The number of thioether (sulfide) groups is 1. The molecule has 0 aliphatic heterocycles. The van der Waals surface area contributed by atoms with Crippen LogP contribution in [0.5, 0.6) is 11.5 Å². The Balaban J connectivity index is 1.47. The Hall–Kier alpha value is -2.76. The first kappa shape index (κ1) is 24.9. The molecule has 0 aliphatic rings. The van der Waals surface area contributed by atoms with Crippen molar-refractivity contribution < 1.29 is 19.1 Å². The predicted octanol–water partition coefficient (Wildman–Crippen LogP) is 7.84.